The maximum Gasteiger partial charge on any atom is 0.165 e. The van der Waals surface area contributed by atoms with Gasteiger partial charge in [0.05, 0.1) is 13.2 Å². The molecule has 1 aliphatic rings. The SMILES string of the molecule is COc1ccc([C@@H](O)CN2CC[C@@H](c3ccccc3)C2)cc1F. The Balaban J connectivity index is 1.60. The van der Waals surface area contributed by atoms with Crippen LogP contribution in [-0.2, 0) is 0 Å². The lowest BCUT2D eigenvalue weighted by molar-refractivity contribution is 0.125. The fourth-order valence-electron chi connectivity index (χ4n) is 3.24. The van der Waals surface area contributed by atoms with Crippen LogP contribution in [0.4, 0.5) is 4.39 Å². The maximum absolute atomic E-state index is 13.8. The molecule has 0 unspecified atom stereocenters. The molecule has 1 N–H and O–H groups in total. The minimum absolute atomic E-state index is 0.200. The minimum Gasteiger partial charge on any atom is -0.494 e. The van der Waals surface area contributed by atoms with E-state index in [1.165, 1.54) is 18.7 Å². The smallest absolute Gasteiger partial charge is 0.165 e. The van der Waals surface area contributed by atoms with Gasteiger partial charge in [-0.25, -0.2) is 4.39 Å². The number of benzene rings is 2. The Bertz CT molecular complexity index is 647. The van der Waals surface area contributed by atoms with E-state index in [9.17, 15) is 9.50 Å². The van der Waals surface area contributed by atoms with Crippen molar-refractivity contribution in [2.75, 3.05) is 26.7 Å². The van der Waals surface area contributed by atoms with E-state index in [1.807, 2.05) is 6.07 Å². The van der Waals surface area contributed by atoms with Crippen molar-refractivity contribution < 1.29 is 14.2 Å². The first-order chi connectivity index (χ1) is 11.2. The zero-order valence-corrected chi connectivity index (χ0v) is 13.3. The molecule has 0 spiro atoms. The van der Waals surface area contributed by atoms with Crippen molar-refractivity contribution in [3.63, 3.8) is 0 Å². The fourth-order valence-corrected chi connectivity index (χ4v) is 3.24. The standard InChI is InChI=1S/C19H22FNO2/c1-23-19-8-7-15(11-17(19)20)18(22)13-21-10-9-16(12-21)14-5-3-2-4-6-14/h2-8,11,16,18,22H,9-10,12-13H2,1H3/t16-,18+/m1/s1. The molecule has 122 valence electrons. The number of β-amino-alcohol motifs (C(OH)–C–C–N with tert-alkyl or cyclic N) is 1. The first-order valence-electron chi connectivity index (χ1n) is 7.96. The highest BCUT2D eigenvalue weighted by atomic mass is 19.1. The average molecular weight is 315 g/mol. The summed E-state index contributed by atoms with van der Waals surface area (Å²) in [6.45, 7) is 2.41. The van der Waals surface area contributed by atoms with E-state index in [0.717, 1.165) is 19.5 Å². The van der Waals surface area contributed by atoms with Gasteiger partial charge in [-0.3, -0.25) is 4.90 Å². The van der Waals surface area contributed by atoms with Crippen LogP contribution in [0.1, 0.15) is 29.6 Å². The highest BCUT2D eigenvalue weighted by Gasteiger charge is 2.25. The van der Waals surface area contributed by atoms with Gasteiger partial charge >= 0.3 is 0 Å². The van der Waals surface area contributed by atoms with Gasteiger partial charge in [-0.05, 0) is 42.1 Å². The van der Waals surface area contributed by atoms with Crippen molar-refractivity contribution in [1.82, 2.24) is 4.90 Å². The van der Waals surface area contributed by atoms with Crippen molar-refractivity contribution in [3.05, 3.63) is 65.5 Å². The van der Waals surface area contributed by atoms with E-state index >= 15 is 0 Å². The highest BCUT2D eigenvalue weighted by molar-refractivity contribution is 5.30. The molecule has 0 amide bonds. The van der Waals surface area contributed by atoms with Gasteiger partial charge in [0.15, 0.2) is 11.6 Å². The van der Waals surface area contributed by atoms with Crippen LogP contribution in [-0.4, -0.2) is 36.8 Å². The second-order valence-corrected chi connectivity index (χ2v) is 6.07. The summed E-state index contributed by atoms with van der Waals surface area (Å²) in [6, 6.07) is 15.1. The van der Waals surface area contributed by atoms with Crippen LogP contribution in [0.3, 0.4) is 0 Å². The van der Waals surface area contributed by atoms with Crippen LogP contribution in [0, 0.1) is 5.82 Å². The number of halogens is 1. The van der Waals surface area contributed by atoms with Crippen molar-refractivity contribution in [3.8, 4) is 5.75 Å². The van der Waals surface area contributed by atoms with Gasteiger partial charge in [0.25, 0.3) is 0 Å². The predicted octanol–water partition coefficient (Wildman–Crippen LogP) is 3.36. The Morgan fingerprint density at radius 2 is 2.04 bits per heavy atom. The van der Waals surface area contributed by atoms with Crippen LogP contribution < -0.4 is 4.74 Å². The molecule has 0 aromatic heterocycles. The van der Waals surface area contributed by atoms with Crippen molar-refractivity contribution in [2.45, 2.75) is 18.4 Å². The maximum atomic E-state index is 13.8. The van der Waals surface area contributed by atoms with Gasteiger partial charge < -0.3 is 9.84 Å². The van der Waals surface area contributed by atoms with Gasteiger partial charge in [0, 0.05) is 13.1 Å². The molecule has 0 saturated carbocycles. The number of hydrogen-bond donors (Lipinski definition) is 1. The summed E-state index contributed by atoms with van der Waals surface area (Å²) in [7, 11) is 1.43. The normalized spacial score (nSPS) is 19.7. The summed E-state index contributed by atoms with van der Waals surface area (Å²) in [4.78, 5) is 2.24. The van der Waals surface area contributed by atoms with Gasteiger partial charge in [-0.15, -0.1) is 0 Å². The van der Waals surface area contributed by atoms with Crippen molar-refractivity contribution in [2.24, 2.45) is 0 Å². The third-order valence-corrected chi connectivity index (χ3v) is 4.54. The van der Waals surface area contributed by atoms with E-state index in [-0.39, 0.29) is 5.75 Å². The number of ether oxygens (including phenoxy) is 1. The second-order valence-electron chi connectivity index (χ2n) is 6.07. The summed E-state index contributed by atoms with van der Waals surface area (Å²) >= 11 is 0. The van der Waals surface area contributed by atoms with Crippen molar-refractivity contribution >= 4 is 0 Å². The molecule has 1 fully saturated rings. The lowest BCUT2D eigenvalue weighted by atomic mass is 9.99. The molecule has 1 heterocycles. The fraction of sp³-hybridized carbons (Fsp3) is 0.368. The number of hydrogen-bond acceptors (Lipinski definition) is 3. The topological polar surface area (TPSA) is 32.7 Å². The van der Waals surface area contributed by atoms with E-state index in [4.69, 9.17) is 4.74 Å². The first-order valence-corrected chi connectivity index (χ1v) is 7.96. The van der Waals surface area contributed by atoms with Crippen LogP contribution >= 0.6 is 0 Å². The van der Waals surface area contributed by atoms with E-state index in [1.54, 1.807) is 12.1 Å². The Morgan fingerprint density at radius 3 is 2.74 bits per heavy atom. The lowest BCUT2D eigenvalue weighted by Crippen LogP contribution is -2.26. The van der Waals surface area contributed by atoms with Gasteiger partial charge in [-0.1, -0.05) is 36.4 Å². The zero-order chi connectivity index (χ0) is 16.2. The summed E-state index contributed by atoms with van der Waals surface area (Å²) in [5.41, 5.74) is 1.94. The van der Waals surface area contributed by atoms with Crippen LogP contribution in [0.25, 0.3) is 0 Å². The van der Waals surface area contributed by atoms with Crippen molar-refractivity contribution in [1.29, 1.82) is 0 Å². The Hall–Kier alpha value is -1.91. The van der Waals surface area contributed by atoms with Gasteiger partial charge in [-0.2, -0.15) is 0 Å². The molecule has 1 saturated heterocycles. The molecular weight excluding hydrogens is 293 g/mol. The lowest BCUT2D eigenvalue weighted by Gasteiger charge is -2.21. The van der Waals surface area contributed by atoms with Crippen LogP contribution in [0.5, 0.6) is 5.75 Å². The average Bonchev–Trinajstić information content (AvgIpc) is 3.04. The van der Waals surface area contributed by atoms with Crippen LogP contribution in [0.2, 0.25) is 0 Å². The summed E-state index contributed by atoms with van der Waals surface area (Å²) < 4.78 is 18.7. The number of likely N-dealkylation sites (tertiary alicyclic amines) is 1. The first kappa shape index (κ1) is 16.0. The number of methoxy groups -OCH3 is 1. The molecule has 3 nitrogen and oxygen atoms in total. The molecule has 23 heavy (non-hydrogen) atoms. The third kappa shape index (κ3) is 3.71. The molecule has 1 aliphatic heterocycles. The molecule has 2 aromatic rings. The number of nitrogens with zero attached hydrogens (tertiary/aromatic N) is 1. The molecular formula is C19H22FNO2. The predicted molar refractivity (Wildman–Crippen MR) is 88.2 cm³/mol. The Labute approximate surface area is 136 Å². The molecule has 4 heteroatoms. The minimum atomic E-state index is -0.690. The van der Waals surface area contributed by atoms with Crippen LogP contribution in [0.15, 0.2) is 48.5 Å². The zero-order valence-electron chi connectivity index (χ0n) is 13.3. The third-order valence-electron chi connectivity index (χ3n) is 4.54. The molecule has 3 rings (SSSR count). The molecule has 2 atom stereocenters. The van der Waals surface area contributed by atoms with Gasteiger partial charge in [0.1, 0.15) is 0 Å². The van der Waals surface area contributed by atoms with E-state index in [2.05, 4.69) is 29.2 Å². The number of rotatable bonds is 5. The molecule has 0 radical (unpaired) electrons. The molecule has 0 aliphatic carbocycles. The highest BCUT2D eigenvalue weighted by Crippen LogP contribution is 2.29. The quantitative estimate of drug-likeness (QED) is 0.918. The summed E-state index contributed by atoms with van der Waals surface area (Å²) in [5.74, 6) is 0.273. The largest absolute Gasteiger partial charge is 0.494 e. The monoisotopic (exact) mass is 315 g/mol. The number of aliphatic hydroxyl groups excluding tert-OH is 1. The van der Waals surface area contributed by atoms with E-state index < -0.39 is 11.9 Å². The van der Waals surface area contributed by atoms with Gasteiger partial charge in [0.2, 0.25) is 0 Å². The number of aliphatic hydroxyl groups is 1. The molecule has 0 bridgehead atoms. The van der Waals surface area contributed by atoms with E-state index in [0.29, 0.717) is 18.0 Å². The molecule has 2 aromatic carbocycles. The second kappa shape index (κ2) is 7.11. The Morgan fingerprint density at radius 1 is 1.26 bits per heavy atom. The summed E-state index contributed by atoms with van der Waals surface area (Å²) in [5, 5.41) is 10.4. The Kier molecular flexibility index (Phi) is 4.94. The summed E-state index contributed by atoms with van der Waals surface area (Å²) in [6.07, 6.45) is 0.401.